The van der Waals surface area contributed by atoms with Crippen LogP contribution in [-0.2, 0) is 41.8 Å². The first-order valence-electron chi connectivity index (χ1n) is 22.7. The number of allylic oxidation sites excluding steroid dienone is 18. The number of phosphoric ester groups is 2. The minimum Gasteiger partial charge on any atom is -0.462 e. The lowest BCUT2D eigenvalue weighted by molar-refractivity contribution is -0.161. The third-order valence-corrected chi connectivity index (χ3v) is 10.2. The van der Waals surface area contributed by atoms with Gasteiger partial charge in [-0.25, -0.2) is 9.13 Å². The Morgan fingerprint density at radius 3 is 1.42 bits per heavy atom. The molecule has 0 amide bonds. The number of aliphatic hydroxyl groups is 2. The molecule has 0 heterocycles. The minimum atomic E-state index is -4.88. The lowest BCUT2D eigenvalue weighted by Gasteiger charge is -2.20. The van der Waals surface area contributed by atoms with Crippen molar-refractivity contribution in [3.05, 3.63) is 109 Å². The number of carbonyl (C=O) groups excluding carboxylic acids is 2. The maximum absolute atomic E-state index is 12.7. The van der Waals surface area contributed by atoms with E-state index in [1.54, 1.807) is 0 Å². The van der Waals surface area contributed by atoms with Gasteiger partial charge in [0.25, 0.3) is 0 Å². The monoisotopic (exact) mass is 940 g/mol. The zero-order valence-electron chi connectivity index (χ0n) is 38.2. The van der Waals surface area contributed by atoms with Crippen molar-refractivity contribution in [3.8, 4) is 0 Å². The second kappa shape index (κ2) is 42.4. The van der Waals surface area contributed by atoms with E-state index in [1.165, 1.54) is 0 Å². The van der Waals surface area contributed by atoms with E-state index in [4.69, 9.17) is 23.8 Å². The van der Waals surface area contributed by atoms with Crippen LogP contribution >= 0.6 is 15.6 Å². The number of esters is 2. The maximum atomic E-state index is 12.7. The number of hydrogen-bond acceptors (Lipinski definition) is 11. The van der Waals surface area contributed by atoms with Crippen molar-refractivity contribution in [2.45, 2.75) is 154 Å². The van der Waals surface area contributed by atoms with Crippen LogP contribution in [0, 0.1) is 0 Å². The number of ether oxygens (including phenoxy) is 2. The molecule has 0 saturated carbocycles. The summed E-state index contributed by atoms with van der Waals surface area (Å²) in [5, 5.41) is 19.3. The van der Waals surface area contributed by atoms with Gasteiger partial charge in [-0.2, -0.15) is 0 Å². The van der Waals surface area contributed by atoms with Gasteiger partial charge >= 0.3 is 27.6 Å². The van der Waals surface area contributed by atoms with Gasteiger partial charge in [-0.15, -0.1) is 0 Å². The van der Waals surface area contributed by atoms with Gasteiger partial charge in [0.2, 0.25) is 0 Å². The average Bonchev–Trinajstić information content (AvgIpc) is 3.26. The predicted octanol–water partition coefficient (Wildman–Crippen LogP) is 10.9. The molecule has 0 spiro atoms. The van der Waals surface area contributed by atoms with Crippen molar-refractivity contribution >= 4 is 27.6 Å². The van der Waals surface area contributed by atoms with Crippen molar-refractivity contribution in [2.24, 2.45) is 0 Å². The van der Waals surface area contributed by atoms with Crippen molar-refractivity contribution in [1.29, 1.82) is 0 Å². The molecule has 0 fully saturated rings. The molecule has 0 aromatic heterocycles. The Bertz CT molecular complexity index is 1560. The predicted molar refractivity (Wildman–Crippen MR) is 254 cm³/mol. The highest BCUT2D eigenvalue weighted by Gasteiger charge is 2.28. The van der Waals surface area contributed by atoms with E-state index in [1.807, 2.05) is 19.1 Å². The lowest BCUT2D eigenvalue weighted by Crippen LogP contribution is -2.30. The van der Waals surface area contributed by atoms with E-state index in [-0.39, 0.29) is 18.9 Å². The van der Waals surface area contributed by atoms with Crippen LogP contribution in [0.25, 0.3) is 0 Å². The van der Waals surface area contributed by atoms with Gasteiger partial charge < -0.3 is 34.4 Å². The molecule has 4 atom stereocenters. The Morgan fingerprint density at radius 1 is 0.484 bits per heavy atom. The molecule has 0 bridgehead atoms. The Balaban J connectivity index is 4.68. The summed E-state index contributed by atoms with van der Waals surface area (Å²) in [6.07, 6.45) is 48.8. The molecule has 0 rings (SSSR count). The van der Waals surface area contributed by atoms with Gasteiger partial charge in [-0.05, 0) is 103 Å². The van der Waals surface area contributed by atoms with Crippen LogP contribution in [0.5, 0.6) is 0 Å². The zero-order valence-corrected chi connectivity index (χ0v) is 40.0. The molecule has 64 heavy (non-hydrogen) atoms. The highest BCUT2D eigenvalue weighted by atomic mass is 31.2. The van der Waals surface area contributed by atoms with Crippen LogP contribution in [0.1, 0.15) is 136 Å². The Kier molecular flexibility index (Phi) is 40.2. The molecule has 0 aliphatic carbocycles. The number of aliphatic hydroxyl groups excluding tert-OH is 2. The quantitative estimate of drug-likeness (QED) is 0.0167. The molecule has 0 radical (unpaired) electrons. The third-order valence-electron chi connectivity index (χ3n) is 8.80. The summed E-state index contributed by atoms with van der Waals surface area (Å²) >= 11 is 0. The molecule has 0 aromatic rings. The summed E-state index contributed by atoms with van der Waals surface area (Å²) in [6, 6.07) is 0. The topological polar surface area (TPSA) is 216 Å². The first-order chi connectivity index (χ1) is 30.8. The molecule has 0 saturated heterocycles. The number of phosphoric acid groups is 2. The third kappa shape index (κ3) is 45.3. The number of rotatable bonds is 41. The fourth-order valence-corrected chi connectivity index (χ4v) is 6.38. The second-order valence-corrected chi connectivity index (χ2v) is 17.4. The highest BCUT2D eigenvalue weighted by molar-refractivity contribution is 7.47. The molecule has 14 nitrogen and oxygen atoms in total. The van der Waals surface area contributed by atoms with Gasteiger partial charge in [0.15, 0.2) is 6.10 Å². The van der Waals surface area contributed by atoms with Gasteiger partial charge in [-0.3, -0.25) is 23.2 Å². The summed E-state index contributed by atoms with van der Waals surface area (Å²) < 4.78 is 47.7. The SMILES string of the molecule is CC/C=C\C/C=C\C/C=C\C/C=C\C/C=C\CCCCCC(=O)O[C@H](COC(=O)CCC/C=C\C/C=C\C/C=C\C/C=C\CC[C@@H](O)CC)COP(=O)(O)OC[C@@H](O)COP(=O)(O)O. The number of carbonyl (C=O) groups is 2. The summed E-state index contributed by atoms with van der Waals surface area (Å²) in [6.45, 7) is 1.24. The van der Waals surface area contributed by atoms with E-state index in [0.29, 0.717) is 19.3 Å². The molecule has 0 aromatic carbocycles. The molecule has 0 aliphatic heterocycles. The normalized spacial score (nSPS) is 15.4. The van der Waals surface area contributed by atoms with Crippen molar-refractivity contribution in [3.63, 3.8) is 0 Å². The van der Waals surface area contributed by atoms with Crippen molar-refractivity contribution in [2.75, 3.05) is 26.4 Å². The van der Waals surface area contributed by atoms with Crippen LogP contribution in [0.15, 0.2) is 109 Å². The molecular formula is C48H78O14P2. The maximum Gasteiger partial charge on any atom is 0.472 e. The Hall–Kier alpha value is -3.26. The first-order valence-corrected chi connectivity index (χ1v) is 25.7. The average molecular weight is 941 g/mol. The van der Waals surface area contributed by atoms with Crippen LogP contribution < -0.4 is 0 Å². The van der Waals surface area contributed by atoms with Gasteiger partial charge in [-0.1, -0.05) is 130 Å². The smallest absolute Gasteiger partial charge is 0.462 e. The minimum absolute atomic E-state index is 0.0667. The molecule has 5 N–H and O–H groups in total. The van der Waals surface area contributed by atoms with Gasteiger partial charge in [0.1, 0.15) is 12.7 Å². The second-order valence-electron chi connectivity index (χ2n) is 14.7. The molecule has 0 aliphatic rings. The van der Waals surface area contributed by atoms with Crippen LogP contribution in [0.2, 0.25) is 0 Å². The fourth-order valence-electron chi connectivity index (χ4n) is 5.23. The highest BCUT2D eigenvalue weighted by Crippen LogP contribution is 2.43. The number of unbranched alkanes of at least 4 members (excludes halogenated alkanes) is 4. The van der Waals surface area contributed by atoms with Gasteiger partial charge in [0, 0.05) is 12.8 Å². The fraction of sp³-hybridized carbons (Fsp3) is 0.583. The lowest BCUT2D eigenvalue weighted by atomic mass is 10.1. The van der Waals surface area contributed by atoms with Crippen LogP contribution in [-0.4, -0.2) is 81.6 Å². The summed E-state index contributed by atoms with van der Waals surface area (Å²) in [4.78, 5) is 52.7. The van der Waals surface area contributed by atoms with E-state index in [2.05, 4.69) is 113 Å². The van der Waals surface area contributed by atoms with Gasteiger partial charge in [0.05, 0.1) is 25.9 Å². The summed E-state index contributed by atoms with van der Waals surface area (Å²) in [5.41, 5.74) is 0. The molecule has 16 heteroatoms. The van der Waals surface area contributed by atoms with E-state index in [0.717, 1.165) is 89.9 Å². The Morgan fingerprint density at radius 2 is 0.922 bits per heavy atom. The zero-order chi connectivity index (χ0) is 47.4. The van der Waals surface area contributed by atoms with E-state index in [9.17, 15) is 33.8 Å². The van der Waals surface area contributed by atoms with Crippen LogP contribution in [0.3, 0.4) is 0 Å². The first kappa shape index (κ1) is 60.7. The Labute approximate surface area is 383 Å². The largest absolute Gasteiger partial charge is 0.472 e. The number of hydrogen-bond donors (Lipinski definition) is 5. The summed E-state index contributed by atoms with van der Waals surface area (Å²) in [7, 11) is -9.73. The van der Waals surface area contributed by atoms with Crippen LogP contribution in [0.4, 0.5) is 0 Å². The van der Waals surface area contributed by atoms with Crippen molar-refractivity contribution < 1.29 is 66.7 Å². The van der Waals surface area contributed by atoms with E-state index < -0.39 is 66.2 Å². The molecular weight excluding hydrogens is 862 g/mol. The molecule has 364 valence electrons. The van der Waals surface area contributed by atoms with Crippen molar-refractivity contribution in [1.82, 2.24) is 0 Å². The summed E-state index contributed by atoms with van der Waals surface area (Å²) in [5.74, 6) is -1.16. The molecule has 1 unspecified atom stereocenters. The van der Waals surface area contributed by atoms with E-state index >= 15 is 0 Å². The standard InChI is InChI=1S/C48H78O14P2/c1-3-5-6-7-8-9-10-11-12-13-14-15-16-21-24-27-30-33-36-39-48(52)62-46(43-61-64(56,57)60-41-45(50)40-59-63(53,54)55)42-58-47(51)38-35-32-29-26-23-20-18-17-19-22-25-28-31-34-37-44(49)4-2/h5-6,8-9,11-12,14-15,18-22,24,26,28-29,31,44-46,49-50H,3-4,7,10,13,16-17,23,25,27,30,32-43H2,1-2H3,(H,56,57)(H2,53,54,55)/b6-5-,9-8-,12-11-,15-14-,20-18-,22-19-,24-21-,29-26-,31-28-/t44-,45-,46+/m0/s1.